The maximum atomic E-state index is 12.4. The normalized spacial score (nSPS) is 19.1. The van der Waals surface area contributed by atoms with Crippen LogP contribution in [-0.4, -0.2) is 23.5 Å². The van der Waals surface area contributed by atoms with Crippen LogP contribution in [0.2, 0.25) is 0 Å². The maximum Gasteiger partial charge on any atom is 0.317 e. The van der Waals surface area contributed by atoms with Gasteiger partial charge in [-0.1, -0.05) is 20.8 Å². The van der Waals surface area contributed by atoms with Gasteiger partial charge in [-0.2, -0.15) is 0 Å². The van der Waals surface area contributed by atoms with Crippen molar-refractivity contribution in [2.24, 2.45) is 5.41 Å². The number of nitrogens with zero attached hydrogens (tertiary/aromatic N) is 1. The molecule has 2 rings (SSSR count). The molecule has 0 radical (unpaired) electrons. The lowest BCUT2D eigenvalue weighted by molar-refractivity contribution is 0.174. The van der Waals surface area contributed by atoms with E-state index >= 15 is 0 Å². The molecule has 4 nitrogen and oxygen atoms in total. The zero-order chi connectivity index (χ0) is 15.6. The first-order valence-corrected chi connectivity index (χ1v) is 7.86. The fraction of sp³-hybridized carbons (Fsp3) is 0.706. The molecule has 0 bridgehead atoms. The van der Waals surface area contributed by atoms with Gasteiger partial charge in [0.15, 0.2) is 0 Å². The Hall–Kier alpha value is -1.45. The molecule has 1 atom stereocenters. The van der Waals surface area contributed by atoms with Crippen molar-refractivity contribution in [3.8, 4) is 0 Å². The molecule has 1 saturated heterocycles. The number of carbonyl (C=O) groups excluding carboxylic acids is 1. The molecule has 1 unspecified atom stereocenters. The Labute approximate surface area is 127 Å². The maximum absolute atomic E-state index is 12.4. The van der Waals surface area contributed by atoms with E-state index in [0.29, 0.717) is 12.6 Å². The van der Waals surface area contributed by atoms with Crippen LogP contribution < -0.4 is 5.32 Å². The van der Waals surface area contributed by atoms with Crippen molar-refractivity contribution < 1.29 is 9.21 Å². The van der Waals surface area contributed by atoms with E-state index in [4.69, 9.17) is 4.42 Å². The number of rotatable bonds is 3. The van der Waals surface area contributed by atoms with Crippen LogP contribution in [0.4, 0.5) is 4.79 Å². The van der Waals surface area contributed by atoms with E-state index in [0.717, 1.165) is 42.9 Å². The highest BCUT2D eigenvalue weighted by Crippen LogP contribution is 2.29. The molecule has 0 aromatic carbocycles. The first kappa shape index (κ1) is 15.9. The smallest absolute Gasteiger partial charge is 0.317 e. The third-order valence-electron chi connectivity index (χ3n) is 4.06. The SMILES string of the molecule is Cc1cc(CNC(=O)N2CCCC2CC(C)(C)C)c(C)o1. The summed E-state index contributed by atoms with van der Waals surface area (Å²) in [6.07, 6.45) is 3.29. The zero-order valence-electron chi connectivity index (χ0n) is 14.0. The average Bonchev–Trinajstić information content (AvgIpc) is 2.91. The molecule has 21 heavy (non-hydrogen) atoms. The predicted molar refractivity (Wildman–Crippen MR) is 84.2 cm³/mol. The number of carbonyl (C=O) groups is 1. The summed E-state index contributed by atoms with van der Waals surface area (Å²) in [6, 6.07) is 2.42. The first-order chi connectivity index (χ1) is 9.76. The van der Waals surface area contributed by atoms with Gasteiger partial charge in [0.1, 0.15) is 11.5 Å². The van der Waals surface area contributed by atoms with Gasteiger partial charge in [-0.25, -0.2) is 4.79 Å². The lowest BCUT2D eigenvalue weighted by Gasteiger charge is -2.30. The third kappa shape index (κ3) is 4.26. The Morgan fingerprint density at radius 2 is 2.14 bits per heavy atom. The fourth-order valence-electron chi connectivity index (χ4n) is 3.15. The highest BCUT2D eigenvalue weighted by Gasteiger charge is 2.31. The van der Waals surface area contributed by atoms with Crippen LogP contribution in [-0.2, 0) is 6.54 Å². The average molecular weight is 292 g/mol. The van der Waals surface area contributed by atoms with Crippen molar-refractivity contribution in [2.45, 2.75) is 66.5 Å². The van der Waals surface area contributed by atoms with Gasteiger partial charge in [-0.15, -0.1) is 0 Å². The van der Waals surface area contributed by atoms with E-state index in [2.05, 4.69) is 26.1 Å². The van der Waals surface area contributed by atoms with Crippen LogP contribution in [0.25, 0.3) is 0 Å². The van der Waals surface area contributed by atoms with Gasteiger partial charge >= 0.3 is 6.03 Å². The fourth-order valence-corrected chi connectivity index (χ4v) is 3.15. The molecular formula is C17H28N2O2. The van der Waals surface area contributed by atoms with Crippen LogP contribution in [0.5, 0.6) is 0 Å². The summed E-state index contributed by atoms with van der Waals surface area (Å²) >= 11 is 0. The Kier molecular flexibility index (Phi) is 4.64. The molecular weight excluding hydrogens is 264 g/mol. The molecule has 118 valence electrons. The van der Waals surface area contributed by atoms with Gasteiger partial charge in [-0.05, 0) is 44.6 Å². The van der Waals surface area contributed by atoms with Crippen LogP contribution in [0.3, 0.4) is 0 Å². The zero-order valence-corrected chi connectivity index (χ0v) is 14.0. The van der Waals surface area contributed by atoms with Gasteiger partial charge < -0.3 is 14.6 Å². The summed E-state index contributed by atoms with van der Waals surface area (Å²) in [7, 11) is 0. The monoisotopic (exact) mass is 292 g/mol. The number of nitrogens with one attached hydrogen (secondary N) is 1. The lowest BCUT2D eigenvalue weighted by Crippen LogP contribution is -2.43. The van der Waals surface area contributed by atoms with Crippen molar-refractivity contribution in [1.82, 2.24) is 10.2 Å². The highest BCUT2D eigenvalue weighted by atomic mass is 16.3. The lowest BCUT2D eigenvalue weighted by atomic mass is 9.87. The standard InChI is InChI=1S/C17H28N2O2/c1-12-9-14(13(2)21-12)11-18-16(20)19-8-6-7-15(19)10-17(3,4)5/h9,15H,6-8,10-11H2,1-5H3,(H,18,20). The van der Waals surface area contributed by atoms with Crippen LogP contribution in [0.15, 0.2) is 10.5 Å². The van der Waals surface area contributed by atoms with Crippen molar-refractivity contribution >= 4 is 6.03 Å². The summed E-state index contributed by atoms with van der Waals surface area (Å²) in [6.45, 7) is 12.0. The molecule has 1 aromatic heterocycles. The molecule has 1 fully saturated rings. The summed E-state index contributed by atoms with van der Waals surface area (Å²) in [5, 5.41) is 3.04. The molecule has 1 aliphatic rings. The minimum Gasteiger partial charge on any atom is -0.466 e. The molecule has 1 N–H and O–H groups in total. The Bertz CT molecular complexity index is 499. The number of likely N-dealkylation sites (tertiary alicyclic amines) is 1. The summed E-state index contributed by atoms with van der Waals surface area (Å²) in [4.78, 5) is 14.4. The van der Waals surface area contributed by atoms with E-state index in [1.165, 1.54) is 0 Å². The second-order valence-corrected chi connectivity index (χ2v) is 7.35. The predicted octanol–water partition coefficient (Wildman–Crippen LogP) is 4.01. The van der Waals surface area contributed by atoms with Gasteiger partial charge in [0.25, 0.3) is 0 Å². The highest BCUT2D eigenvalue weighted by molar-refractivity contribution is 5.74. The number of hydrogen-bond donors (Lipinski definition) is 1. The summed E-state index contributed by atoms with van der Waals surface area (Å²) in [5.41, 5.74) is 1.32. The van der Waals surface area contributed by atoms with Crippen molar-refractivity contribution in [1.29, 1.82) is 0 Å². The number of amides is 2. The second kappa shape index (κ2) is 6.12. The largest absolute Gasteiger partial charge is 0.466 e. The van der Waals surface area contributed by atoms with E-state index in [1.807, 2.05) is 24.8 Å². The number of urea groups is 1. The number of furan rings is 1. The molecule has 0 spiro atoms. The van der Waals surface area contributed by atoms with Crippen molar-refractivity contribution in [2.75, 3.05) is 6.54 Å². The van der Waals surface area contributed by atoms with Gasteiger partial charge in [0.2, 0.25) is 0 Å². The molecule has 4 heteroatoms. The molecule has 1 aromatic rings. The van der Waals surface area contributed by atoms with Gasteiger partial charge in [0, 0.05) is 24.7 Å². The van der Waals surface area contributed by atoms with Gasteiger partial charge in [-0.3, -0.25) is 0 Å². The Morgan fingerprint density at radius 3 is 2.71 bits per heavy atom. The Morgan fingerprint density at radius 1 is 1.43 bits per heavy atom. The van der Waals surface area contributed by atoms with Gasteiger partial charge in [0.05, 0.1) is 0 Å². The summed E-state index contributed by atoms with van der Waals surface area (Å²) < 4.78 is 5.49. The van der Waals surface area contributed by atoms with E-state index < -0.39 is 0 Å². The molecule has 2 amide bonds. The van der Waals surface area contributed by atoms with Crippen molar-refractivity contribution in [3.05, 3.63) is 23.2 Å². The second-order valence-electron chi connectivity index (χ2n) is 7.35. The summed E-state index contributed by atoms with van der Waals surface area (Å²) in [5.74, 6) is 1.78. The number of aryl methyl sites for hydroxylation is 2. The van der Waals surface area contributed by atoms with Crippen LogP contribution >= 0.6 is 0 Å². The minimum absolute atomic E-state index is 0.0556. The van der Waals surface area contributed by atoms with Crippen LogP contribution in [0.1, 0.15) is 57.1 Å². The quantitative estimate of drug-likeness (QED) is 0.915. The molecule has 2 heterocycles. The molecule has 1 aliphatic heterocycles. The third-order valence-corrected chi connectivity index (χ3v) is 4.06. The van der Waals surface area contributed by atoms with E-state index in [-0.39, 0.29) is 11.4 Å². The number of hydrogen-bond acceptors (Lipinski definition) is 2. The topological polar surface area (TPSA) is 45.5 Å². The van der Waals surface area contributed by atoms with Crippen LogP contribution in [0, 0.1) is 19.3 Å². The minimum atomic E-state index is 0.0556. The van der Waals surface area contributed by atoms with Crippen molar-refractivity contribution in [3.63, 3.8) is 0 Å². The van der Waals surface area contributed by atoms with E-state index in [9.17, 15) is 4.79 Å². The van der Waals surface area contributed by atoms with E-state index in [1.54, 1.807) is 0 Å². The molecule has 0 saturated carbocycles. The first-order valence-electron chi connectivity index (χ1n) is 7.86. The molecule has 0 aliphatic carbocycles. The Balaban J connectivity index is 1.91.